The van der Waals surface area contributed by atoms with Gasteiger partial charge in [0.1, 0.15) is 5.75 Å². The highest BCUT2D eigenvalue weighted by Crippen LogP contribution is 2.31. The zero-order valence-electron chi connectivity index (χ0n) is 12.9. The number of nitrogen functional groups attached to an aromatic ring is 1. The highest BCUT2D eigenvalue weighted by Gasteiger charge is 2.19. The number of rotatable bonds is 5. The summed E-state index contributed by atoms with van der Waals surface area (Å²) in [5.41, 5.74) is 7.92. The molecule has 1 aliphatic rings. The Morgan fingerprint density at radius 1 is 1.45 bits per heavy atom. The number of benzene rings is 1. The molecule has 4 nitrogen and oxygen atoms in total. The summed E-state index contributed by atoms with van der Waals surface area (Å²) in [4.78, 5) is 2.48. The molecule has 0 radical (unpaired) electrons. The number of anilines is 2. The summed E-state index contributed by atoms with van der Waals surface area (Å²) in [5, 5.41) is 3.58. The van der Waals surface area contributed by atoms with Gasteiger partial charge in [0.15, 0.2) is 0 Å². The van der Waals surface area contributed by atoms with Gasteiger partial charge < -0.3 is 20.7 Å². The number of para-hydroxylation sites is 1. The van der Waals surface area contributed by atoms with Crippen molar-refractivity contribution >= 4 is 11.4 Å². The summed E-state index contributed by atoms with van der Waals surface area (Å²) < 4.78 is 5.74. The quantitative estimate of drug-likeness (QED) is 0.813. The molecule has 1 aromatic rings. The van der Waals surface area contributed by atoms with Gasteiger partial charge in [-0.3, -0.25) is 0 Å². The molecule has 1 heterocycles. The highest BCUT2D eigenvalue weighted by atomic mass is 16.5. The van der Waals surface area contributed by atoms with E-state index in [1.165, 1.54) is 19.4 Å². The van der Waals surface area contributed by atoms with Gasteiger partial charge in [0.2, 0.25) is 0 Å². The summed E-state index contributed by atoms with van der Waals surface area (Å²) in [5.74, 6) is 0.771. The fraction of sp³-hybridized carbons (Fsp3) is 0.625. The van der Waals surface area contributed by atoms with Crippen LogP contribution in [-0.4, -0.2) is 36.7 Å². The average molecular weight is 277 g/mol. The lowest BCUT2D eigenvalue weighted by molar-refractivity contribution is 0.226. The molecular formula is C16H27N3O. The minimum Gasteiger partial charge on any atom is -0.489 e. The predicted molar refractivity (Wildman–Crippen MR) is 85.4 cm³/mol. The molecule has 0 spiro atoms. The van der Waals surface area contributed by atoms with Crippen LogP contribution in [0.4, 0.5) is 11.4 Å². The van der Waals surface area contributed by atoms with E-state index in [0.29, 0.717) is 6.04 Å². The Bertz CT molecular complexity index is 434. The maximum absolute atomic E-state index is 6.21. The van der Waals surface area contributed by atoms with Crippen LogP contribution in [0.3, 0.4) is 0 Å². The topological polar surface area (TPSA) is 50.5 Å². The minimum atomic E-state index is 0.137. The summed E-state index contributed by atoms with van der Waals surface area (Å²) in [7, 11) is 0. The first-order chi connectivity index (χ1) is 9.60. The number of nitrogens with two attached hydrogens (primary N) is 1. The molecule has 3 N–H and O–H groups in total. The molecule has 2 rings (SSSR count). The van der Waals surface area contributed by atoms with Crippen LogP contribution in [0.5, 0.6) is 5.75 Å². The summed E-state index contributed by atoms with van der Waals surface area (Å²) in [6.07, 6.45) is 2.58. The molecule has 20 heavy (non-hydrogen) atoms. The van der Waals surface area contributed by atoms with Crippen molar-refractivity contribution in [1.29, 1.82) is 0 Å². The molecule has 1 aliphatic heterocycles. The Kier molecular flexibility index (Phi) is 5.12. The average Bonchev–Trinajstić information content (AvgIpc) is 2.43. The number of hydrogen-bond acceptors (Lipinski definition) is 4. The first-order valence-electron chi connectivity index (χ1n) is 7.64. The largest absolute Gasteiger partial charge is 0.489 e. The zero-order chi connectivity index (χ0) is 14.5. The van der Waals surface area contributed by atoms with Crippen LogP contribution in [0.1, 0.15) is 33.6 Å². The van der Waals surface area contributed by atoms with Crippen LogP contribution >= 0.6 is 0 Å². The number of likely N-dealkylation sites (tertiary alicyclic amines) is 1. The van der Waals surface area contributed by atoms with Crippen LogP contribution < -0.4 is 15.8 Å². The maximum Gasteiger partial charge on any atom is 0.144 e. The van der Waals surface area contributed by atoms with E-state index in [-0.39, 0.29) is 6.10 Å². The number of likely N-dealkylation sites (N-methyl/N-ethyl adjacent to an activating group) is 1. The minimum absolute atomic E-state index is 0.137. The van der Waals surface area contributed by atoms with Crippen molar-refractivity contribution in [3.63, 3.8) is 0 Å². The third-order valence-corrected chi connectivity index (χ3v) is 3.74. The molecule has 112 valence electrons. The fourth-order valence-corrected chi connectivity index (χ4v) is 2.71. The molecule has 0 amide bonds. The molecule has 1 unspecified atom stereocenters. The van der Waals surface area contributed by atoms with E-state index >= 15 is 0 Å². The number of ether oxygens (including phenoxy) is 1. The van der Waals surface area contributed by atoms with E-state index in [2.05, 4.69) is 17.1 Å². The van der Waals surface area contributed by atoms with Crippen molar-refractivity contribution in [2.45, 2.75) is 45.8 Å². The van der Waals surface area contributed by atoms with E-state index in [9.17, 15) is 0 Å². The van der Waals surface area contributed by atoms with Crippen LogP contribution in [0, 0.1) is 0 Å². The number of hydrogen-bond donors (Lipinski definition) is 2. The van der Waals surface area contributed by atoms with Crippen molar-refractivity contribution in [2.75, 3.05) is 30.7 Å². The Morgan fingerprint density at radius 2 is 2.25 bits per heavy atom. The van der Waals surface area contributed by atoms with Gasteiger partial charge in [0.05, 0.1) is 17.5 Å². The van der Waals surface area contributed by atoms with Gasteiger partial charge in [-0.15, -0.1) is 0 Å². The van der Waals surface area contributed by atoms with Crippen LogP contribution in [0.25, 0.3) is 0 Å². The van der Waals surface area contributed by atoms with Crippen molar-refractivity contribution in [2.24, 2.45) is 0 Å². The second kappa shape index (κ2) is 6.84. The van der Waals surface area contributed by atoms with Crippen LogP contribution in [-0.2, 0) is 0 Å². The smallest absolute Gasteiger partial charge is 0.144 e. The summed E-state index contributed by atoms with van der Waals surface area (Å²) in [6.45, 7) is 9.66. The molecule has 1 atom stereocenters. The Morgan fingerprint density at radius 3 is 2.95 bits per heavy atom. The van der Waals surface area contributed by atoms with Crippen molar-refractivity contribution in [3.05, 3.63) is 18.2 Å². The van der Waals surface area contributed by atoms with Gasteiger partial charge >= 0.3 is 0 Å². The van der Waals surface area contributed by atoms with Gasteiger partial charge in [0, 0.05) is 12.6 Å². The highest BCUT2D eigenvalue weighted by molar-refractivity contribution is 5.73. The standard InChI is InChI=1S/C16H27N3O/c1-4-19-10-6-7-13(11-19)18-14-8-5-9-15(16(14)17)20-12(2)3/h5,8-9,12-13,18H,4,6-7,10-11,17H2,1-3H3. The van der Waals surface area contributed by atoms with E-state index in [4.69, 9.17) is 10.5 Å². The predicted octanol–water partition coefficient (Wildman–Crippen LogP) is 2.95. The second-order valence-electron chi connectivity index (χ2n) is 5.76. The third-order valence-electron chi connectivity index (χ3n) is 3.74. The van der Waals surface area contributed by atoms with Crippen molar-refractivity contribution in [1.82, 2.24) is 4.90 Å². The SMILES string of the molecule is CCN1CCCC(Nc2cccc(OC(C)C)c2N)C1. The second-order valence-corrected chi connectivity index (χ2v) is 5.76. The van der Waals surface area contributed by atoms with Crippen LogP contribution in [0.15, 0.2) is 18.2 Å². The molecule has 1 aromatic carbocycles. The first kappa shape index (κ1) is 15.0. The van der Waals surface area contributed by atoms with E-state index in [0.717, 1.165) is 30.2 Å². The normalized spacial score (nSPS) is 20.1. The van der Waals surface area contributed by atoms with E-state index < -0.39 is 0 Å². The summed E-state index contributed by atoms with van der Waals surface area (Å²) >= 11 is 0. The molecule has 1 fully saturated rings. The van der Waals surface area contributed by atoms with Crippen molar-refractivity contribution in [3.8, 4) is 5.75 Å². The number of nitrogens with zero attached hydrogens (tertiary/aromatic N) is 1. The van der Waals surface area contributed by atoms with Crippen molar-refractivity contribution < 1.29 is 4.74 Å². The molecule has 0 bridgehead atoms. The molecule has 0 aliphatic carbocycles. The van der Waals surface area contributed by atoms with Gasteiger partial charge in [0.25, 0.3) is 0 Å². The lowest BCUT2D eigenvalue weighted by atomic mass is 10.1. The maximum atomic E-state index is 6.21. The van der Waals surface area contributed by atoms with E-state index in [1.807, 2.05) is 32.0 Å². The van der Waals surface area contributed by atoms with Crippen LogP contribution in [0.2, 0.25) is 0 Å². The lowest BCUT2D eigenvalue weighted by Gasteiger charge is -2.33. The Balaban J connectivity index is 2.05. The molecular weight excluding hydrogens is 250 g/mol. The van der Waals surface area contributed by atoms with Gasteiger partial charge in [-0.1, -0.05) is 13.0 Å². The number of piperidine rings is 1. The van der Waals surface area contributed by atoms with Gasteiger partial charge in [-0.05, 0) is 51.9 Å². The monoisotopic (exact) mass is 277 g/mol. The first-order valence-corrected chi connectivity index (χ1v) is 7.64. The summed E-state index contributed by atoms with van der Waals surface area (Å²) in [6, 6.07) is 6.43. The Labute approximate surface area is 122 Å². The third kappa shape index (κ3) is 3.79. The molecule has 1 saturated heterocycles. The lowest BCUT2D eigenvalue weighted by Crippen LogP contribution is -2.41. The molecule has 0 aromatic heterocycles. The van der Waals surface area contributed by atoms with E-state index in [1.54, 1.807) is 0 Å². The zero-order valence-corrected chi connectivity index (χ0v) is 12.9. The number of nitrogens with one attached hydrogen (secondary N) is 1. The van der Waals surface area contributed by atoms with Gasteiger partial charge in [-0.25, -0.2) is 0 Å². The molecule has 4 heteroatoms. The molecule has 0 saturated carbocycles. The fourth-order valence-electron chi connectivity index (χ4n) is 2.71. The Hall–Kier alpha value is -1.42. The van der Waals surface area contributed by atoms with Gasteiger partial charge in [-0.2, -0.15) is 0 Å².